The summed E-state index contributed by atoms with van der Waals surface area (Å²) < 4.78 is 5.70. The first-order chi connectivity index (χ1) is 9.16. The molecular formula is C16H23NO2. The van der Waals surface area contributed by atoms with E-state index in [-0.39, 0.29) is 0 Å². The first-order valence-electron chi connectivity index (χ1n) is 7.17. The van der Waals surface area contributed by atoms with Crippen molar-refractivity contribution >= 4 is 5.91 Å². The van der Waals surface area contributed by atoms with Gasteiger partial charge in [0.15, 0.2) is 0 Å². The van der Waals surface area contributed by atoms with E-state index in [9.17, 15) is 4.79 Å². The van der Waals surface area contributed by atoms with E-state index in [2.05, 4.69) is 26.0 Å². The average Bonchev–Trinajstić information content (AvgIpc) is 2.81. The number of hydrogen-bond donors (Lipinski definition) is 0. The second kappa shape index (κ2) is 6.60. The van der Waals surface area contributed by atoms with Crippen molar-refractivity contribution < 1.29 is 9.53 Å². The van der Waals surface area contributed by atoms with Crippen LogP contribution in [-0.4, -0.2) is 30.5 Å². The molecule has 3 heteroatoms. The molecule has 1 amide bonds. The highest BCUT2D eigenvalue weighted by molar-refractivity contribution is 5.77. The van der Waals surface area contributed by atoms with Crippen molar-refractivity contribution in [3.05, 3.63) is 29.8 Å². The van der Waals surface area contributed by atoms with Gasteiger partial charge in [-0.1, -0.05) is 26.0 Å². The molecule has 104 valence electrons. The number of amides is 1. The van der Waals surface area contributed by atoms with Crippen LogP contribution in [0.4, 0.5) is 0 Å². The maximum atomic E-state index is 11.4. The predicted molar refractivity (Wildman–Crippen MR) is 76.5 cm³/mol. The second-order valence-corrected chi connectivity index (χ2v) is 5.41. The normalized spacial score (nSPS) is 15.3. The number of benzene rings is 1. The Kier molecular flexibility index (Phi) is 4.83. The first kappa shape index (κ1) is 13.9. The minimum absolute atomic E-state index is 0.293. The van der Waals surface area contributed by atoms with Crippen molar-refractivity contribution in [3.63, 3.8) is 0 Å². The van der Waals surface area contributed by atoms with Gasteiger partial charge in [-0.3, -0.25) is 4.79 Å². The molecule has 3 nitrogen and oxygen atoms in total. The van der Waals surface area contributed by atoms with Crippen LogP contribution in [0.3, 0.4) is 0 Å². The number of rotatable bonds is 6. The van der Waals surface area contributed by atoms with Crippen molar-refractivity contribution in [3.8, 4) is 5.75 Å². The van der Waals surface area contributed by atoms with Gasteiger partial charge in [0.2, 0.25) is 5.91 Å². The van der Waals surface area contributed by atoms with Gasteiger partial charge in [0.05, 0.1) is 6.61 Å². The molecule has 1 saturated heterocycles. The van der Waals surface area contributed by atoms with E-state index < -0.39 is 0 Å². The zero-order valence-electron chi connectivity index (χ0n) is 11.9. The van der Waals surface area contributed by atoms with Crippen LogP contribution in [0.2, 0.25) is 0 Å². The summed E-state index contributed by atoms with van der Waals surface area (Å²) >= 11 is 0. The molecule has 0 atom stereocenters. The van der Waals surface area contributed by atoms with Gasteiger partial charge in [0, 0.05) is 19.5 Å². The second-order valence-electron chi connectivity index (χ2n) is 5.41. The zero-order valence-corrected chi connectivity index (χ0v) is 11.9. The fraction of sp³-hybridized carbons (Fsp3) is 0.562. The molecule has 0 spiro atoms. The van der Waals surface area contributed by atoms with Gasteiger partial charge in [-0.15, -0.1) is 0 Å². The van der Waals surface area contributed by atoms with Crippen LogP contribution in [0.5, 0.6) is 5.75 Å². The summed E-state index contributed by atoms with van der Waals surface area (Å²) in [5.74, 6) is 1.76. The van der Waals surface area contributed by atoms with Crippen molar-refractivity contribution in [1.82, 2.24) is 4.90 Å². The van der Waals surface area contributed by atoms with Crippen LogP contribution >= 0.6 is 0 Å². The van der Waals surface area contributed by atoms with E-state index in [4.69, 9.17) is 4.74 Å². The maximum Gasteiger partial charge on any atom is 0.222 e. The van der Waals surface area contributed by atoms with Gasteiger partial charge in [-0.05, 0) is 36.5 Å². The van der Waals surface area contributed by atoms with Crippen molar-refractivity contribution in [1.29, 1.82) is 0 Å². The summed E-state index contributed by atoms with van der Waals surface area (Å²) in [6.07, 6.45) is 2.63. The average molecular weight is 261 g/mol. The van der Waals surface area contributed by atoms with Crippen LogP contribution in [0.25, 0.3) is 0 Å². The molecule has 0 unspecified atom stereocenters. The minimum atomic E-state index is 0.293. The third-order valence-corrected chi connectivity index (χ3v) is 3.56. The summed E-state index contributed by atoms with van der Waals surface area (Å²) in [6, 6.07) is 8.28. The SMILES string of the molecule is CC(C)c1ccc(OCCCN2CCCC2=O)cc1. The summed E-state index contributed by atoms with van der Waals surface area (Å²) in [4.78, 5) is 13.4. The molecule has 0 aromatic heterocycles. The molecule has 0 N–H and O–H groups in total. The number of carbonyl (C=O) groups excluding carboxylic acids is 1. The first-order valence-corrected chi connectivity index (χ1v) is 7.17. The zero-order chi connectivity index (χ0) is 13.7. The lowest BCUT2D eigenvalue weighted by Crippen LogP contribution is -2.26. The van der Waals surface area contributed by atoms with Crippen LogP contribution in [0.1, 0.15) is 44.6 Å². The Morgan fingerprint density at radius 1 is 1.26 bits per heavy atom. The maximum absolute atomic E-state index is 11.4. The Morgan fingerprint density at radius 3 is 2.58 bits per heavy atom. The summed E-state index contributed by atoms with van der Waals surface area (Å²) in [7, 11) is 0. The molecule has 0 bridgehead atoms. The van der Waals surface area contributed by atoms with Gasteiger partial charge in [0.25, 0.3) is 0 Å². The monoisotopic (exact) mass is 261 g/mol. The Morgan fingerprint density at radius 2 is 2.00 bits per heavy atom. The van der Waals surface area contributed by atoms with E-state index in [0.29, 0.717) is 18.4 Å². The quantitative estimate of drug-likeness (QED) is 0.736. The van der Waals surface area contributed by atoms with E-state index in [0.717, 1.165) is 38.1 Å². The van der Waals surface area contributed by atoms with E-state index in [1.54, 1.807) is 0 Å². The molecule has 1 aromatic carbocycles. The predicted octanol–water partition coefficient (Wildman–Crippen LogP) is 3.20. The van der Waals surface area contributed by atoms with E-state index in [1.807, 2.05) is 17.0 Å². The minimum Gasteiger partial charge on any atom is -0.494 e. The summed E-state index contributed by atoms with van der Waals surface area (Å²) in [5.41, 5.74) is 1.33. The van der Waals surface area contributed by atoms with Gasteiger partial charge in [-0.2, -0.15) is 0 Å². The Bertz CT molecular complexity index is 411. The number of ether oxygens (including phenoxy) is 1. The highest BCUT2D eigenvalue weighted by Gasteiger charge is 2.18. The number of likely N-dealkylation sites (tertiary alicyclic amines) is 1. The van der Waals surface area contributed by atoms with Crippen LogP contribution < -0.4 is 4.74 Å². The fourth-order valence-electron chi connectivity index (χ4n) is 2.33. The Balaban J connectivity index is 1.69. The lowest BCUT2D eigenvalue weighted by atomic mass is 10.0. The van der Waals surface area contributed by atoms with Gasteiger partial charge in [-0.25, -0.2) is 0 Å². The van der Waals surface area contributed by atoms with Crippen LogP contribution in [0.15, 0.2) is 24.3 Å². The Labute approximate surface area is 115 Å². The molecule has 0 aliphatic carbocycles. The molecule has 1 aliphatic heterocycles. The third-order valence-electron chi connectivity index (χ3n) is 3.56. The van der Waals surface area contributed by atoms with Crippen LogP contribution in [0, 0.1) is 0 Å². The van der Waals surface area contributed by atoms with Crippen molar-refractivity contribution in [2.75, 3.05) is 19.7 Å². The lowest BCUT2D eigenvalue weighted by molar-refractivity contribution is -0.127. The number of carbonyl (C=O) groups is 1. The fourth-order valence-corrected chi connectivity index (χ4v) is 2.33. The molecule has 0 radical (unpaired) electrons. The molecule has 1 aliphatic rings. The number of hydrogen-bond acceptors (Lipinski definition) is 2. The molecule has 1 heterocycles. The molecule has 0 saturated carbocycles. The molecule has 2 rings (SSSR count). The highest BCUT2D eigenvalue weighted by atomic mass is 16.5. The molecule has 1 aromatic rings. The Hall–Kier alpha value is -1.51. The van der Waals surface area contributed by atoms with E-state index in [1.165, 1.54) is 5.56 Å². The van der Waals surface area contributed by atoms with Crippen molar-refractivity contribution in [2.24, 2.45) is 0 Å². The molecule has 19 heavy (non-hydrogen) atoms. The summed E-state index contributed by atoms with van der Waals surface area (Å²) in [5, 5.41) is 0. The van der Waals surface area contributed by atoms with Crippen LogP contribution in [-0.2, 0) is 4.79 Å². The van der Waals surface area contributed by atoms with Gasteiger partial charge < -0.3 is 9.64 Å². The lowest BCUT2D eigenvalue weighted by Gasteiger charge is -2.15. The largest absolute Gasteiger partial charge is 0.494 e. The van der Waals surface area contributed by atoms with Gasteiger partial charge in [0.1, 0.15) is 5.75 Å². The molecule has 1 fully saturated rings. The van der Waals surface area contributed by atoms with Crippen molar-refractivity contribution in [2.45, 2.75) is 39.0 Å². The standard InChI is InChI=1S/C16H23NO2/c1-13(2)14-6-8-15(9-7-14)19-12-4-11-17-10-3-5-16(17)18/h6-9,13H,3-5,10-12H2,1-2H3. The van der Waals surface area contributed by atoms with Gasteiger partial charge >= 0.3 is 0 Å². The molecular weight excluding hydrogens is 238 g/mol. The van der Waals surface area contributed by atoms with E-state index >= 15 is 0 Å². The highest BCUT2D eigenvalue weighted by Crippen LogP contribution is 2.18. The summed E-state index contributed by atoms with van der Waals surface area (Å²) in [6.45, 7) is 6.78. The topological polar surface area (TPSA) is 29.5 Å². The third kappa shape index (κ3) is 3.98. The smallest absolute Gasteiger partial charge is 0.222 e. The number of nitrogens with zero attached hydrogens (tertiary/aromatic N) is 1.